The lowest BCUT2D eigenvalue weighted by atomic mass is 10.1. The quantitative estimate of drug-likeness (QED) is 0.890. The highest BCUT2D eigenvalue weighted by Crippen LogP contribution is 2.21. The zero-order chi connectivity index (χ0) is 14.5. The molecule has 2 N–H and O–H groups in total. The van der Waals surface area contributed by atoms with Gasteiger partial charge in [0.1, 0.15) is 5.75 Å². The van der Waals surface area contributed by atoms with E-state index in [0.717, 1.165) is 15.5 Å². The SMILES string of the molecule is CC(C)Oc1ccc(C(N)CS(=O)c2cccs2)cc1. The van der Waals surface area contributed by atoms with E-state index in [-0.39, 0.29) is 12.1 Å². The molecule has 5 heteroatoms. The maximum Gasteiger partial charge on any atom is 0.119 e. The van der Waals surface area contributed by atoms with E-state index in [2.05, 4.69) is 0 Å². The van der Waals surface area contributed by atoms with Crippen molar-refractivity contribution in [1.82, 2.24) is 0 Å². The van der Waals surface area contributed by atoms with Crippen molar-refractivity contribution >= 4 is 22.1 Å². The number of thiophene rings is 1. The minimum Gasteiger partial charge on any atom is -0.491 e. The second-order valence-electron chi connectivity index (χ2n) is 4.79. The number of hydrogen-bond acceptors (Lipinski definition) is 4. The minimum absolute atomic E-state index is 0.154. The van der Waals surface area contributed by atoms with Gasteiger partial charge in [-0.25, -0.2) is 0 Å². The molecule has 108 valence electrons. The molecule has 2 unspecified atom stereocenters. The van der Waals surface area contributed by atoms with Gasteiger partial charge in [-0.1, -0.05) is 18.2 Å². The number of ether oxygens (including phenoxy) is 1. The van der Waals surface area contributed by atoms with E-state index in [9.17, 15) is 4.21 Å². The fraction of sp³-hybridized carbons (Fsp3) is 0.333. The van der Waals surface area contributed by atoms with Crippen molar-refractivity contribution in [3.63, 3.8) is 0 Å². The van der Waals surface area contributed by atoms with E-state index in [1.54, 1.807) is 0 Å². The van der Waals surface area contributed by atoms with E-state index in [1.807, 2.05) is 55.6 Å². The Morgan fingerprint density at radius 2 is 1.95 bits per heavy atom. The van der Waals surface area contributed by atoms with Crippen LogP contribution in [0.25, 0.3) is 0 Å². The molecule has 0 fully saturated rings. The summed E-state index contributed by atoms with van der Waals surface area (Å²) in [5.41, 5.74) is 7.10. The Kier molecular flexibility index (Phi) is 5.34. The maximum atomic E-state index is 12.1. The Morgan fingerprint density at radius 1 is 1.25 bits per heavy atom. The van der Waals surface area contributed by atoms with Crippen LogP contribution in [-0.4, -0.2) is 16.1 Å². The van der Waals surface area contributed by atoms with Crippen LogP contribution in [-0.2, 0) is 10.8 Å². The molecule has 0 radical (unpaired) electrons. The molecule has 0 saturated carbocycles. The van der Waals surface area contributed by atoms with Gasteiger partial charge in [0.2, 0.25) is 0 Å². The summed E-state index contributed by atoms with van der Waals surface area (Å²) >= 11 is 1.50. The molecule has 0 aliphatic heterocycles. The van der Waals surface area contributed by atoms with E-state index in [1.165, 1.54) is 11.3 Å². The molecule has 0 saturated heterocycles. The highest BCUT2D eigenvalue weighted by atomic mass is 32.2. The molecule has 0 aliphatic rings. The molecule has 0 amide bonds. The second-order valence-corrected chi connectivity index (χ2v) is 7.46. The topological polar surface area (TPSA) is 52.3 Å². The maximum absolute atomic E-state index is 12.1. The fourth-order valence-electron chi connectivity index (χ4n) is 1.80. The summed E-state index contributed by atoms with van der Waals surface area (Å²) in [5, 5.41) is 1.93. The van der Waals surface area contributed by atoms with Crippen molar-refractivity contribution in [3.05, 3.63) is 47.3 Å². The Bertz CT molecular complexity index is 550. The second kappa shape index (κ2) is 7.02. The molecule has 0 spiro atoms. The number of hydrogen-bond donors (Lipinski definition) is 1. The van der Waals surface area contributed by atoms with Gasteiger partial charge in [0, 0.05) is 11.8 Å². The number of benzene rings is 1. The summed E-state index contributed by atoms with van der Waals surface area (Å²) in [4.78, 5) is 0. The number of rotatable bonds is 6. The molecule has 1 aromatic heterocycles. The van der Waals surface area contributed by atoms with Crippen LogP contribution in [0.1, 0.15) is 25.5 Å². The summed E-state index contributed by atoms with van der Waals surface area (Å²) in [6.45, 7) is 3.98. The molecule has 20 heavy (non-hydrogen) atoms. The largest absolute Gasteiger partial charge is 0.491 e. The van der Waals surface area contributed by atoms with Gasteiger partial charge in [0.25, 0.3) is 0 Å². The van der Waals surface area contributed by atoms with Crippen molar-refractivity contribution in [3.8, 4) is 5.75 Å². The van der Waals surface area contributed by atoms with Crippen molar-refractivity contribution < 1.29 is 8.95 Å². The van der Waals surface area contributed by atoms with Gasteiger partial charge < -0.3 is 10.5 Å². The molecular formula is C15H19NO2S2. The van der Waals surface area contributed by atoms with E-state index < -0.39 is 10.8 Å². The van der Waals surface area contributed by atoms with Gasteiger partial charge in [-0.15, -0.1) is 11.3 Å². The standard InChI is InChI=1S/C15H19NO2S2/c1-11(2)18-13-7-5-12(6-8-13)14(16)10-20(17)15-4-3-9-19-15/h3-9,11,14H,10,16H2,1-2H3. The Hall–Kier alpha value is -1.17. The summed E-state index contributed by atoms with van der Waals surface area (Å²) in [6, 6.07) is 11.2. The average molecular weight is 309 g/mol. The molecule has 1 heterocycles. The van der Waals surface area contributed by atoms with Crippen molar-refractivity contribution in [2.75, 3.05) is 5.75 Å². The van der Waals surface area contributed by atoms with Gasteiger partial charge in [-0.05, 0) is 43.0 Å². The molecule has 3 nitrogen and oxygen atoms in total. The van der Waals surface area contributed by atoms with Crippen LogP contribution in [0.2, 0.25) is 0 Å². The predicted octanol–water partition coefficient (Wildman–Crippen LogP) is 3.34. The first-order valence-corrected chi connectivity index (χ1v) is 8.70. The van der Waals surface area contributed by atoms with Crippen LogP contribution in [0, 0.1) is 0 Å². The van der Waals surface area contributed by atoms with Crippen LogP contribution < -0.4 is 10.5 Å². The van der Waals surface area contributed by atoms with Crippen LogP contribution in [0.3, 0.4) is 0 Å². The molecule has 0 aliphatic carbocycles. The molecule has 2 aromatic rings. The zero-order valence-electron chi connectivity index (χ0n) is 11.6. The third-order valence-corrected chi connectivity index (χ3v) is 5.49. The van der Waals surface area contributed by atoms with Crippen molar-refractivity contribution in [1.29, 1.82) is 0 Å². The first-order valence-electron chi connectivity index (χ1n) is 6.50. The van der Waals surface area contributed by atoms with Gasteiger partial charge >= 0.3 is 0 Å². The van der Waals surface area contributed by atoms with E-state index >= 15 is 0 Å². The summed E-state index contributed by atoms with van der Waals surface area (Å²) < 4.78 is 18.6. The molecule has 0 bridgehead atoms. The zero-order valence-corrected chi connectivity index (χ0v) is 13.2. The van der Waals surface area contributed by atoms with Gasteiger partial charge in [-0.3, -0.25) is 4.21 Å². The summed E-state index contributed by atoms with van der Waals surface area (Å²) in [6.07, 6.45) is 0.154. The summed E-state index contributed by atoms with van der Waals surface area (Å²) in [7, 11) is -1.04. The fourth-order valence-corrected chi connectivity index (χ4v) is 3.96. The van der Waals surface area contributed by atoms with Crippen LogP contribution >= 0.6 is 11.3 Å². The lowest BCUT2D eigenvalue weighted by Crippen LogP contribution is -2.18. The van der Waals surface area contributed by atoms with Crippen molar-refractivity contribution in [2.24, 2.45) is 5.73 Å². The summed E-state index contributed by atoms with van der Waals surface area (Å²) in [5.74, 6) is 1.26. The van der Waals surface area contributed by atoms with Gasteiger partial charge in [-0.2, -0.15) is 0 Å². The van der Waals surface area contributed by atoms with Gasteiger partial charge in [0.05, 0.1) is 21.1 Å². The highest BCUT2D eigenvalue weighted by molar-refractivity contribution is 7.87. The lowest BCUT2D eigenvalue weighted by Gasteiger charge is -2.13. The van der Waals surface area contributed by atoms with Gasteiger partial charge in [0.15, 0.2) is 0 Å². The van der Waals surface area contributed by atoms with Crippen molar-refractivity contribution in [2.45, 2.75) is 30.2 Å². The third-order valence-electron chi connectivity index (χ3n) is 2.73. The Balaban J connectivity index is 1.98. The van der Waals surface area contributed by atoms with E-state index in [4.69, 9.17) is 10.5 Å². The van der Waals surface area contributed by atoms with Crippen LogP contribution in [0.15, 0.2) is 46.0 Å². The normalized spacial score (nSPS) is 14.2. The lowest BCUT2D eigenvalue weighted by molar-refractivity contribution is 0.242. The van der Waals surface area contributed by atoms with Crippen LogP contribution in [0.5, 0.6) is 5.75 Å². The molecule has 2 atom stereocenters. The third kappa shape index (κ3) is 4.16. The molecule has 2 rings (SSSR count). The predicted molar refractivity (Wildman–Crippen MR) is 84.7 cm³/mol. The van der Waals surface area contributed by atoms with E-state index in [0.29, 0.717) is 5.75 Å². The number of nitrogens with two attached hydrogens (primary N) is 1. The highest BCUT2D eigenvalue weighted by Gasteiger charge is 2.13. The minimum atomic E-state index is -1.04. The van der Waals surface area contributed by atoms with Crippen LogP contribution in [0.4, 0.5) is 0 Å². The molecular weight excluding hydrogens is 290 g/mol. The average Bonchev–Trinajstić information content (AvgIpc) is 2.92. The Morgan fingerprint density at radius 3 is 2.50 bits per heavy atom. The Labute approximate surface area is 126 Å². The smallest absolute Gasteiger partial charge is 0.119 e. The molecule has 1 aromatic carbocycles. The first-order chi connectivity index (χ1) is 9.56. The monoisotopic (exact) mass is 309 g/mol. The first kappa shape index (κ1) is 15.2.